The van der Waals surface area contributed by atoms with Gasteiger partial charge >= 0.3 is 6.18 Å². The molecule has 8 heteroatoms. The Bertz CT molecular complexity index is 871. The number of likely N-dealkylation sites (N-methyl/N-ethyl adjacent to an activating group) is 1. The molecule has 0 spiro atoms. The molecular weight excluding hydrogens is 369 g/mol. The van der Waals surface area contributed by atoms with E-state index in [0.717, 1.165) is 12.1 Å². The Kier molecular flexibility index (Phi) is 4.75. The molecule has 0 atom stereocenters. The number of rotatable bonds is 3. The Morgan fingerprint density at radius 2 is 2.00 bits per heavy atom. The van der Waals surface area contributed by atoms with Gasteiger partial charge < -0.3 is 4.57 Å². The van der Waals surface area contributed by atoms with Crippen LogP contribution in [0.3, 0.4) is 0 Å². The van der Waals surface area contributed by atoms with Gasteiger partial charge in [0.15, 0.2) is 0 Å². The van der Waals surface area contributed by atoms with Gasteiger partial charge in [-0.15, -0.1) is 0 Å². The van der Waals surface area contributed by atoms with Crippen molar-refractivity contribution in [2.75, 3.05) is 6.54 Å². The van der Waals surface area contributed by atoms with Gasteiger partial charge in [-0.25, -0.2) is 0 Å². The SMILES string of the molecule is CCN1C(=O)/C(=C/c2cccn2-c2cccc(C(F)(F)F)c2)SC1=S. The van der Waals surface area contributed by atoms with Gasteiger partial charge in [0.25, 0.3) is 5.91 Å². The topological polar surface area (TPSA) is 25.2 Å². The van der Waals surface area contributed by atoms with Gasteiger partial charge in [0.2, 0.25) is 0 Å². The zero-order valence-corrected chi connectivity index (χ0v) is 14.7. The molecule has 0 radical (unpaired) electrons. The van der Waals surface area contributed by atoms with Gasteiger partial charge in [0, 0.05) is 24.1 Å². The number of alkyl halides is 3. The van der Waals surface area contributed by atoms with Crippen molar-refractivity contribution >= 4 is 40.3 Å². The van der Waals surface area contributed by atoms with Gasteiger partial charge in [-0.2, -0.15) is 13.2 Å². The lowest BCUT2D eigenvalue weighted by Crippen LogP contribution is -2.27. The molecule has 0 N–H and O–H groups in total. The summed E-state index contributed by atoms with van der Waals surface area (Å²) < 4.78 is 40.9. The monoisotopic (exact) mass is 382 g/mol. The van der Waals surface area contributed by atoms with Crippen LogP contribution in [0.2, 0.25) is 0 Å². The van der Waals surface area contributed by atoms with Crippen LogP contribution in [0, 0.1) is 0 Å². The van der Waals surface area contributed by atoms with Crippen molar-refractivity contribution in [1.29, 1.82) is 0 Å². The first kappa shape index (κ1) is 17.8. The number of thioether (sulfide) groups is 1. The third kappa shape index (κ3) is 3.50. The van der Waals surface area contributed by atoms with Crippen LogP contribution in [-0.2, 0) is 11.0 Å². The lowest BCUT2D eigenvalue weighted by Gasteiger charge is -2.11. The second kappa shape index (κ2) is 6.68. The Balaban J connectivity index is 1.99. The summed E-state index contributed by atoms with van der Waals surface area (Å²) in [7, 11) is 0. The Hall–Kier alpha value is -2.06. The maximum atomic E-state index is 12.9. The van der Waals surface area contributed by atoms with Crippen LogP contribution in [0.1, 0.15) is 18.2 Å². The Labute approximate surface area is 152 Å². The maximum absolute atomic E-state index is 12.9. The quantitative estimate of drug-likeness (QED) is 0.567. The molecule has 25 heavy (non-hydrogen) atoms. The molecule has 0 bridgehead atoms. The average Bonchev–Trinajstić information content (AvgIpc) is 3.12. The first-order chi connectivity index (χ1) is 11.8. The molecule has 1 saturated heterocycles. The summed E-state index contributed by atoms with van der Waals surface area (Å²) in [6.45, 7) is 2.32. The number of hydrogen-bond donors (Lipinski definition) is 0. The van der Waals surface area contributed by atoms with Gasteiger partial charge in [-0.3, -0.25) is 9.69 Å². The highest BCUT2D eigenvalue weighted by Gasteiger charge is 2.32. The van der Waals surface area contributed by atoms with E-state index in [4.69, 9.17) is 12.2 Å². The Morgan fingerprint density at radius 1 is 1.24 bits per heavy atom. The molecule has 0 aliphatic carbocycles. The average molecular weight is 382 g/mol. The van der Waals surface area contributed by atoms with Gasteiger partial charge in [0.1, 0.15) is 4.32 Å². The molecule has 2 aromatic rings. The van der Waals surface area contributed by atoms with Crippen LogP contribution in [-0.4, -0.2) is 26.2 Å². The predicted molar refractivity (Wildman–Crippen MR) is 96.3 cm³/mol. The highest BCUT2D eigenvalue weighted by atomic mass is 32.2. The molecule has 1 amide bonds. The predicted octanol–water partition coefficient (Wildman–Crippen LogP) is 4.72. The van der Waals surface area contributed by atoms with E-state index in [9.17, 15) is 18.0 Å². The fourth-order valence-corrected chi connectivity index (χ4v) is 3.85. The zero-order chi connectivity index (χ0) is 18.2. The maximum Gasteiger partial charge on any atom is 0.416 e. The summed E-state index contributed by atoms with van der Waals surface area (Å²) in [5, 5.41) is 0. The molecule has 2 heterocycles. The Morgan fingerprint density at radius 3 is 2.64 bits per heavy atom. The summed E-state index contributed by atoms with van der Waals surface area (Å²) in [6.07, 6.45) is -1.11. The second-order valence-electron chi connectivity index (χ2n) is 5.28. The van der Waals surface area contributed by atoms with Crippen molar-refractivity contribution in [2.24, 2.45) is 0 Å². The van der Waals surface area contributed by atoms with E-state index in [1.807, 2.05) is 6.92 Å². The van der Waals surface area contributed by atoms with Crippen LogP contribution < -0.4 is 0 Å². The smallest absolute Gasteiger partial charge is 0.317 e. The van der Waals surface area contributed by atoms with E-state index in [1.54, 1.807) is 35.0 Å². The number of hydrogen-bond acceptors (Lipinski definition) is 3. The molecule has 1 aliphatic heterocycles. The third-order valence-corrected chi connectivity index (χ3v) is 5.08. The number of benzene rings is 1. The molecule has 1 aromatic carbocycles. The minimum Gasteiger partial charge on any atom is -0.317 e. The number of nitrogens with zero attached hydrogens (tertiary/aromatic N) is 2. The van der Waals surface area contributed by atoms with E-state index in [-0.39, 0.29) is 5.91 Å². The number of halogens is 3. The molecule has 3 rings (SSSR count). The zero-order valence-electron chi connectivity index (χ0n) is 13.1. The minimum absolute atomic E-state index is 0.186. The van der Waals surface area contributed by atoms with Gasteiger partial charge in [-0.05, 0) is 43.3 Å². The van der Waals surface area contributed by atoms with E-state index in [0.29, 0.717) is 27.2 Å². The number of thiocarbonyl (C=S) groups is 1. The summed E-state index contributed by atoms with van der Waals surface area (Å²) >= 11 is 6.36. The van der Waals surface area contributed by atoms with Crippen molar-refractivity contribution in [1.82, 2.24) is 9.47 Å². The first-order valence-corrected chi connectivity index (χ1v) is 8.64. The first-order valence-electron chi connectivity index (χ1n) is 7.41. The number of carbonyl (C=O) groups excluding carboxylic acids is 1. The molecule has 1 aliphatic rings. The van der Waals surface area contributed by atoms with Crippen LogP contribution in [0.4, 0.5) is 13.2 Å². The van der Waals surface area contributed by atoms with Crippen molar-refractivity contribution in [2.45, 2.75) is 13.1 Å². The number of aromatic nitrogens is 1. The van der Waals surface area contributed by atoms with Crippen molar-refractivity contribution in [3.05, 3.63) is 58.8 Å². The largest absolute Gasteiger partial charge is 0.416 e. The number of carbonyl (C=O) groups is 1. The molecule has 0 unspecified atom stereocenters. The van der Waals surface area contributed by atoms with Gasteiger partial charge in [-0.1, -0.05) is 30.0 Å². The number of amides is 1. The van der Waals surface area contributed by atoms with E-state index >= 15 is 0 Å². The second-order valence-corrected chi connectivity index (χ2v) is 6.95. The van der Waals surface area contributed by atoms with E-state index in [1.165, 1.54) is 22.7 Å². The van der Waals surface area contributed by atoms with Crippen molar-refractivity contribution in [3.63, 3.8) is 0 Å². The highest BCUT2D eigenvalue weighted by molar-refractivity contribution is 8.26. The van der Waals surface area contributed by atoms with Crippen LogP contribution >= 0.6 is 24.0 Å². The molecule has 1 fully saturated rings. The summed E-state index contributed by atoms with van der Waals surface area (Å²) in [6, 6.07) is 8.50. The third-order valence-electron chi connectivity index (χ3n) is 3.70. The standard InChI is InChI=1S/C17H13F3N2OS2/c1-2-21-15(23)14(25-16(21)24)10-13-7-4-8-22(13)12-6-3-5-11(9-12)17(18,19)20/h3-10H,2H2,1H3/b14-10-. The van der Waals surface area contributed by atoms with E-state index in [2.05, 4.69) is 0 Å². The van der Waals surface area contributed by atoms with E-state index < -0.39 is 11.7 Å². The fourth-order valence-electron chi connectivity index (χ4n) is 2.49. The van der Waals surface area contributed by atoms with Crippen LogP contribution in [0.15, 0.2) is 47.5 Å². The molecular formula is C17H13F3N2OS2. The van der Waals surface area contributed by atoms with Crippen LogP contribution in [0.5, 0.6) is 0 Å². The molecule has 130 valence electrons. The lowest BCUT2D eigenvalue weighted by molar-refractivity contribution is -0.137. The van der Waals surface area contributed by atoms with Crippen molar-refractivity contribution < 1.29 is 18.0 Å². The van der Waals surface area contributed by atoms with Crippen molar-refractivity contribution in [3.8, 4) is 5.69 Å². The molecule has 0 saturated carbocycles. The lowest BCUT2D eigenvalue weighted by atomic mass is 10.2. The molecule has 1 aromatic heterocycles. The van der Waals surface area contributed by atoms with Crippen LogP contribution in [0.25, 0.3) is 11.8 Å². The highest BCUT2D eigenvalue weighted by Crippen LogP contribution is 2.33. The summed E-state index contributed by atoms with van der Waals surface area (Å²) in [5.41, 5.74) is 0.259. The fraction of sp³-hybridized carbons (Fsp3) is 0.176. The normalized spacial score (nSPS) is 17.0. The summed E-state index contributed by atoms with van der Waals surface area (Å²) in [4.78, 5) is 14.2. The van der Waals surface area contributed by atoms with Gasteiger partial charge in [0.05, 0.1) is 10.5 Å². The summed E-state index contributed by atoms with van der Waals surface area (Å²) in [5.74, 6) is -0.186. The minimum atomic E-state index is -4.41. The molecule has 3 nitrogen and oxygen atoms in total.